The summed E-state index contributed by atoms with van der Waals surface area (Å²) in [6.07, 6.45) is 3.89. The van der Waals surface area contributed by atoms with Crippen LogP contribution in [0.2, 0.25) is 0 Å². The highest BCUT2D eigenvalue weighted by Gasteiger charge is 2.14. The van der Waals surface area contributed by atoms with Crippen molar-refractivity contribution in [3.05, 3.63) is 34.1 Å². The van der Waals surface area contributed by atoms with Crippen LogP contribution >= 0.6 is 15.9 Å². The number of rotatable bonds is 4. The molecule has 0 amide bonds. The number of halogens is 2. The lowest BCUT2D eigenvalue weighted by molar-refractivity contribution is 0.256. The molecule has 1 aliphatic heterocycles. The summed E-state index contributed by atoms with van der Waals surface area (Å²) in [5, 5.41) is 3.55. The standard InChI is InChI=1S/C14H20BrFN2/c1-18(10-12-4-2-3-7-17-12)9-11-5-6-14(16)13(15)8-11/h5-6,8,12,17H,2-4,7,9-10H2,1H3. The second kappa shape index (κ2) is 6.64. The van der Waals surface area contributed by atoms with Crippen molar-refractivity contribution in [2.75, 3.05) is 20.1 Å². The Bertz CT molecular complexity index is 391. The Morgan fingerprint density at radius 3 is 2.94 bits per heavy atom. The number of benzene rings is 1. The van der Waals surface area contributed by atoms with Gasteiger partial charge < -0.3 is 10.2 Å². The SMILES string of the molecule is CN(Cc1ccc(F)c(Br)c1)CC1CCCCN1. The van der Waals surface area contributed by atoms with Crippen LogP contribution in [0.25, 0.3) is 0 Å². The van der Waals surface area contributed by atoms with E-state index in [1.165, 1.54) is 25.3 Å². The summed E-state index contributed by atoms with van der Waals surface area (Å²) in [6, 6.07) is 5.84. The zero-order chi connectivity index (χ0) is 13.0. The highest BCUT2D eigenvalue weighted by molar-refractivity contribution is 9.10. The van der Waals surface area contributed by atoms with Crippen LogP contribution in [-0.2, 0) is 6.54 Å². The van der Waals surface area contributed by atoms with Gasteiger partial charge in [0.25, 0.3) is 0 Å². The lowest BCUT2D eigenvalue weighted by atomic mass is 10.0. The van der Waals surface area contributed by atoms with Crippen LogP contribution in [0, 0.1) is 5.82 Å². The van der Waals surface area contributed by atoms with Gasteiger partial charge in [-0.1, -0.05) is 12.5 Å². The third-order valence-corrected chi connectivity index (χ3v) is 3.99. The third kappa shape index (κ3) is 4.04. The Labute approximate surface area is 117 Å². The summed E-state index contributed by atoms with van der Waals surface area (Å²) >= 11 is 3.23. The fourth-order valence-electron chi connectivity index (χ4n) is 2.47. The van der Waals surface area contributed by atoms with Crippen LogP contribution in [0.3, 0.4) is 0 Å². The molecular weight excluding hydrogens is 295 g/mol. The van der Waals surface area contributed by atoms with Crippen molar-refractivity contribution in [1.29, 1.82) is 0 Å². The van der Waals surface area contributed by atoms with Gasteiger partial charge in [-0.2, -0.15) is 0 Å². The van der Waals surface area contributed by atoms with E-state index >= 15 is 0 Å². The second-order valence-electron chi connectivity index (χ2n) is 5.09. The molecule has 0 aliphatic carbocycles. The van der Waals surface area contributed by atoms with Crippen molar-refractivity contribution >= 4 is 15.9 Å². The van der Waals surface area contributed by atoms with Gasteiger partial charge >= 0.3 is 0 Å². The Kier molecular flexibility index (Phi) is 5.15. The fourth-order valence-corrected chi connectivity index (χ4v) is 2.90. The molecule has 0 radical (unpaired) electrons. The topological polar surface area (TPSA) is 15.3 Å². The number of nitrogens with one attached hydrogen (secondary N) is 1. The van der Waals surface area contributed by atoms with E-state index in [1.807, 2.05) is 12.1 Å². The summed E-state index contributed by atoms with van der Waals surface area (Å²) in [7, 11) is 2.12. The molecule has 1 unspecified atom stereocenters. The first kappa shape index (κ1) is 14.0. The van der Waals surface area contributed by atoms with Crippen molar-refractivity contribution < 1.29 is 4.39 Å². The highest BCUT2D eigenvalue weighted by atomic mass is 79.9. The van der Waals surface area contributed by atoms with E-state index < -0.39 is 0 Å². The van der Waals surface area contributed by atoms with Crippen molar-refractivity contribution in [2.24, 2.45) is 0 Å². The van der Waals surface area contributed by atoms with Crippen LogP contribution in [0.15, 0.2) is 22.7 Å². The Morgan fingerprint density at radius 2 is 2.28 bits per heavy atom. The van der Waals surface area contributed by atoms with E-state index in [0.717, 1.165) is 25.2 Å². The number of piperidine rings is 1. The van der Waals surface area contributed by atoms with Crippen LogP contribution in [-0.4, -0.2) is 31.1 Å². The molecule has 2 nitrogen and oxygen atoms in total. The van der Waals surface area contributed by atoms with Crippen molar-refractivity contribution in [3.8, 4) is 0 Å². The third-order valence-electron chi connectivity index (χ3n) is 3.38. The van der Waals surface area contributed by atoms with E-state index in [9.17, 15) is 4.39 Å². The quantitative estimate of drug-likeness (QED) is 0.918. The summed E-state index contributed by atoms with van der Waals surface area (Å²) in [5.74, 6) is -0.199. The molecular formula is C14H20BrFN2. The van der Waals surface area contributed by atoms with Crippen molar-refractivity contribution in [2.45, 2.75) is 31.8 Å². The molecule has 4 heteroatoms. The van der Waals surface area contributed by atoms with E-state index in [2.05, 4.69) is 33.2 Å². The monoisotopic (exact) mass is 314 g/mol. The molecule has 1 aromatic carbocycles. The summed E-state index contributed by atoms with van der Waals surface area (Å²) in [6.45, 7) is 3.05. The molecule has 1 aromatic rings. The second-order valence-corrected chi connectivity index (χ2v) is 5.95. The van der Waals surface area contributed by atoms with Crippen LogP contribution < -0.4 is 5.32 Å². The Morgan fingerprint density at radius 1 is 1.44 bits per heavy atom. The molecule has 100 valence electrons. The zero-order valence-corrected chi connectivity index (χ0v) is 12.3. The van der Waals surface area contributed by atoms with Crippen LogP contribution in [0.1, 0.15) is 24.8 Å². The van der Waals surface area contributed by atoms with Crippen molar-refractivity contribution in [3.63, 3.8) is 0 Å². The average Bonchev–Trinajstić information content (AvgIpc) is 2.35. The predicted octanol–water partition coefficient (Wildman–Crippen LogP) is 3.16. The first-order valence-electron chi connectivity index (χ1n) is 6.51. The minimum absolute atomic E-state index is 0.199. The van der Waals surface area contributed by atoms with Gasteiger partial charge in [-0.15, -0.1) is 0 Å². The summed E-state index contributed by atoms with van der Waals surface area (Å²) < 4.78 is 13.7. The van der Waals surface area contributed by atoms with E-state index in [0.29, 0.717) is 10.5 Å². The number of hydrogen-bond donors (Lipinski definition) is 1. The summed E-state index contributed by atoms with van der Waals surface area (Å²) in [5.41, 5.74) is 1.14. The molecule has 0 saturated carbocycles. The molecule has 1 aliphatic rings. The largest absolute Gasteiger partial charge is 0.313 e. The number of likely N-dealkylation sites (N-methyl/N-ethyl adjacent to an activating group) is 1. The molecule has 0 spiro atoms. The van der Waals surface area contributed by atoms with Gasteiger partial charge in [0.15, 0.2) is 0 Å². The minimum atomic E-state index is -0.199. The Hall–Kier alpha value is -0.450. The molecule has 1 atom stereocenters. The molecule has 1 N–H and O–H groups in total. The van der Waals surface area contributed by atoms with Gasteiger partial charge in [0, 0.05) is 19.1 Å². The normalized spacial score (nSPS) is 20.3. The lowest BCUT2D eigenvalue weighted by Gasteiger charge is -2.28. The maximum absolute atomic E-state index is 13.1. The molecule has 1 saturated heterocycles. The molecule has 1 heterocycles. The van der Waals surface area contributed by atoms with Gasteiger partial charge in [-0.25, -0.2) is 4.39 Å². The molecule has 0 bridgehead atoms. The first-order valence-corrected chi connectivity index (χ1v) is 7.30. The van der Waals surface area contributed by atoms with Crippen LogP contribution in [0.5, 0.6) is 0 Å². The van der Waals surface area contributed by atoms with E-state index in [4.69, 9.17) is 0 Å². The van der Waals surface area contributed by atoms with Gasteiger partial charge in [0.2, 0.25) is 0 Å². The average molecular weight is 315 g/mol. The highest BCUT2D eigenvalue weighted by Crippen LogP contribution is 2.18. The van der Waals surface area contributed by atoms with Gasteiger partial charge in [0.05, 0.1) is 4.47 Å². The molecule has 0 aromatic heterocycles. The Balaban J connectivity index is 1.85. The number of hydrogen-bond acceptors (Lipinski definition) is 2. The smallest absolute Gasteiger partial charge is 0.137 e. The molecule has 18 heavy (non-hydrogen) atoms. The van der Waals surface area contributed by atoms with E-state index in [1.54, 1.807) is 0 Å². The number of nitrogens with zero attached hydrogens (tertiary/aromatic N) is 1. The van der Waals surface area contributed by atoms with Crippen molar-refractivity contribution in [1.82, 2.24) is 10.2 Å². The van der Waals surface area contributed by atoms with Crippen LogP contribution in [0.4, 0.5) is 4.39 Å². The molecule has 1 fully saturated rings. The fraction of sp³-hybridized carbons (Fsp3) is 0.571. The summed E-state index contributed by atoms with van der Waals surface area (Å²) in [4.78, 5) is 2.29. The molecule has 2 rings (SSSR count). The van der Waals surface area contributed by atoms with Gasteiger partial charge in [0.1, 0.15) is 5.82 Å². The lowest BCUT2D eigenvalue weighted by Crippen LogP contribution is -2.42. The zero-order valence-electron chi connectivity index (χ0n) is 10.8. The minimum Gasteiger partial charge on any atom is -0.313 e. The van der Waals surface area contributed by atoms with Gasteiger partial charge in [-0.3, -0.25) is 0 Å². The maximum Gasteiger partial charge on any atom is 0.137 e. The predicted molar refractivity (Wildman–Crippen MR) is 76.1 cm³/mol. The van der Waals surface area contributed by atoms with E-state index in [-0.39, 0.29) is 5.82 Å². The van der Waals surface area contributed by atoms with Gasteiger partial charge in [-0.05, 0) is 60.1 Å². The maximum atomic E-state index is 13.1. The first-order chi connectivity index (χ1) is 8.65.